The molecule has 1 aliphatic rings. The van der Waals surface area contributed by atoms with Crippen molar-refractivity contribution in [2.45, 2.75) is 59.4 Å². The fourth-order valence-electron chi connectivity index (χ4n) is 2.95. The first kappa shape index (κ1) is 11.0. The summed E-state index contributed by atoms with van der Waals surface area (Å²) in [5.41, 5.74) is 6.86. The lowest BCUT2D eigenvalue weighted by molar-refractivity contribution is 0.0431. The Morgan fingerprint density at radius 1 is 1.31 bits per heavy atom. The van der Waals surface area contributed by atoms with Gasteiger partial charge in [-0.1, -0.05) is 34.1 Å². The van der Waals surface area contributed by atoms with Crippen LogP contribution in [0.2, 0.25) is 0 Å². The van der Waals surface area contributed by atoms with Crippen molar-refractivity contribution in [3.8, 4) is 0 Å². The van der Waals surface area contributed by atoms with Crippen LogP contribution in [0, 0.1) is 17.3 Å². The first-order valence-corrected chi connectivity index (χ1v) is 5.58. The van der Waals surface area contributed by atoms with Gasteiger partial charge < -0.3 is 5.73 Å². The lowest BCUT2D eigenvalue weighted by atomic mass is 9.58. The molecular formula is C12H25N. The SMILES string of the molecule is CC[C@H]1C[C@@H](C)C(C)(C)C[C@@]1(C)N. The molecule has 0 amide bonds. The van der Waals surface area contributed by atoms with Gasteiger partial charge in [-0.3, -0.25) is 0 Å². The number of rotatable bonds is 1. The molecule has 1 saturated carbocycles. The van der Waals surface area contributed by atoms with E-state index in [9.17, 15) is 0 Å². The van der Waals surface area contributed by atoms with E-state index in [0.29, 0.717) is 5.41 Å². The van der Waals surface area contributed by atoms with E-state index in [1.165, 1.54) is 19.3 Å². The van der Waals surface area contributed by atoms with E-state index in [4.69, 9.17) is 5.73 Å². The Kier molecular flexibility index (Phi) is 2.78. The summed E-state index contributed by atoms with van der Waals surface area (Å²) >= 11 is 0. The first-order chi connectivity index (χ1) is 5.79. The molecule has 1 aliphatic carbocycles. The Morgan fingerprint density at radius 3 is 2.31 bits per heavy atom. The molecule has 0 aromatic carbocycles. The van der Waals surface area contributed by atoms with Crippen LogP contribution in [0.15, 0.2) is 0 Å². The van der Waals surface area contributed by atoms with E-state index in [1.807, 2.05) is 0 Å². The van der Waals surface area contributed by atoms with Crippen molar-refractivity contribution in [3.63, 3.8) is 0 Å². The van der Waals surface area contributed by atoms with Gasteiger partial charge in [0.25, 0.3) is 0 Å². The molecule has 0 aliphatic heterocycles. The lowest BCUT2D eigenvalue weighted by Crippen LogP contribution is -2.53. The van der Waals surface area contributed by atoms with Gasteiger partial charge in [-0.25, -0.2) is 0 Å². The fourth-order valence-corrected chi connectivity index (χ4v) is 2.95. The van der Waals surface area contributed by atoms with Gasteiger partial charge >= 0.3 is 0 Å². The zero-order valence-electron chi connectivity index (χ0n) is 9.85. The van der Waals surface area contributed by atoms with Gasteiger partial charge in [0.2, 0.25) is 0 Å². The largest absolute Gasteiger partial charge is 0.325 e. The van der Waals surface area contributed by atoms with Gasteiger partial charge in [-0.15, -0.1) is 0 Å². The van der Waals surface area contributed by atoms with Gasteiger partial charge in [-0.2, -0.15) is 0 Å². The van der Waals surface area contributed by atoms with E-state index in [0.717, 1.165) is 11.8 Å². The molecule has 1 rings (SSSR count). The summed E-state index contributed by atoms with van der Waals surface area (Å²) in [5.74, 6) is 1.53. The van der Waals surface area contributed by atoms with Crippen LogP contribution in [-0.4, -0.2) is 5.54 Å². The predicted octanol–water partition coefficient (Wildman–Crippen LogP) is 3.19. The average molecular weight is 183 g/mol. The maximum absolute atomic E-state index is 6.37. The molecule has 1 nitrogen and oxygen atoms in total. The monoisotopic (exact) mass is 183 g/mol. The summed E-state index contributed by atoms with van der Waals surface area (Å²) in [7, 11) is 0. The summed E-state index contributed by atoms with van der Waals surface area (Å²) in [6.45, 7) is 11.6. The van der Waals surface area contributed by atoms with Gasteiger partial charge in [0.05, 0.1) is 0 Å². The highest BCUT2D eigenvalue weighted by Crippen LogP contribution is 2.47. The summed E-state index contributed by atoms with van der Waals surface area (Å²) in [6.07, 6.45) is 3.70. The molecule has 0 heterocycles. The zero-order valence-corrected chi connectivity index (χ0v) is 9.85. The highest BCUT2D eigenvalue weighted by molar-refractivity contribution is 4.98. The third kappa shape index (κ3) is 2.07. The molecule has 0 radical (unpaired) electrons. The van der Waals surface area contributed by atoms with Gasteiger partial charge in [0, 0.05) is 5.54 Å². The third-order valence-electron chi connectivity index (χ3n) is 4.23. The Bertz CT molecular complexity index is 182. The van der Waals surface area contributed by atoms with Crippen molar-refractivity contribution in [3.05, 3.63) is 0 Å². The minimum Gasteiger partial charge on any atom is -0.325 e. The second-order valence-electron chi connectivity index (χ2n) is 5.91. The number of hydrogen-bond acceptors (Lipinski definition) is 1. The minimum atomic E-state index is 0.0603. The molecule has 0 unspecified atom stereocenters. The van der Waals surface area contributed by atoms with Gasteiger partial charge in [-0.05, 0) is 37.0 Å². The molecule has 0 spiro atoms. The summed E-state index contributed by atoms with van der Waals surface area (Å²) < 4.78 is 0. The molecule has 13 heavy (non-hydrogen) atoms. The standard InChI is InChI=1S/C12H25N/c1-6-10-7-9(2)11(3,4)8-12(10,5)13/h9-10H,6-8,13H2,1-5H3/t9-,10+,12-/m1/s1. The quantitative estimate of drug-likeness (QED) is 0.664. The highest BCUT2D eigenvalue weighted by atomic mass is 14.8. The Hall–Kier alpha value is -0.0400. The van der Waals surface area contributed by atoms with Crippen molar-refractivity contribution in [2.75, 3.05) is 0 Å². The van der Waals surface area contributed by atoms with Crippen LogP contribution in [-0.2, 0) is 0 Å². The van der Waals surface area contributed by atoms with Crippen LogP contribution in [0.1, 0.15) is 53.9 Å². The first-order valence-electron chi connectivity index (χ1n) is 5.58. The maximum atomic E-state index is 6.37. The molecule has 1 heteroatoms. The molecule has 0 bridgehead atoms. The predicted molar refractivity (Wildman–Crippen MR) is 58.6 cm³/mol. The van der Waals surface area contributed by atoms with E-state index in [-0.39, 0.29) is 5.54 Å². The number of nitrogens with two attached hydrogens (primary N) is 1. The molecule has 2 N–H and O–H groups in total. The zero-order chi connectivity index (χ0) is 10.3. The van der Waals surface area contributed by atoms with Crippen molar-refractivity contribution in [2.24, 2.45) is 23.0 Å². The number of hydrogen-bond donors (Lipinski definition) is 1. The van der Waals surface area contributed by atoms with E-state index < -0.39 is 0 Å². The van der Waals surface area contributed by atoms with Crippen molar-refractivity contribution in [1.82, 2.24) is 0 Å². The lowest BCUT2D eigenvalue weighted by Gasteiger charge is -2.50. The Labute approximate surface area is 83.1 Å². The van der Waals surface area contributed by atoms with E-state index in [1.54, 1.807) is 0 Å². The van der Waals surface area contributed by atoms with Crippen LogP contribution < -0.4 is 5.73 Å². The second-order valence-corrected chi connectivity index (χ2v) is 5.91. The van der Waals surface area contributed by atoms with Crippen molar-refractivity contribution < 1.29 is 0 Å². The van der Waals surface area contributed by atoms with Crippen LogP contribution in [0.3, 0.4) is 0 Å². The molecule has 78 valence electrons. The third-order valence-corrected chi connectivity index (χ3v) is 4.23. The van der Waals surface area contributed by atoms with Gasteiger partial charge in [0.15, 0.2) is 0 Å². The normalized spacial score (nSPS) is 44.8. The topological polar surface area (TPSA) is 26.0 Å². The molecule has 0 saturated heterocycles. The van der Waals surface area contributed by atoms with Crippen molar-refractivity contribution in [1.29, 1.82) is 0 Å². The van der Waals surface area contributed by atoms with Crippen molar-refractivity contribution >= 4 is 0 Å². The molecule has 0 aromatic heterocycles. The highest BCUT2D eigenvalue weighted by Gasteiger charge is 2.43. The van der Waals surface area contributed by atoms with E-state index >= 15 is 0 Å². The average Bonchev–Trinajstić information content (AvgIpc) is 1.94. The summed E-state index contributed by atoms with van der Waals surface area (Å²) in [5, 5.41) is 0. The molecule has 3 atom stereocenters. The van der Waals surface area contributed by atoms with Crippen LogP contribution in [0.25, 0.3) is 0 Å². The fraction of sp³-hybridized carbons (Fsp3) is 1.00. The maximum Gasteiger partial charge on any atom is 0.0159 e. The summed E-state index contributed by atoms with van der Waals surface area (Å²) in [4.78, 5) is 0. The van der Waals surface area contributed by atoms with Crippen LogP contribution in [0.5, 0.6) is 0 Å². The van der Waals surface area contributed by atoms with Crippen LogP contribution in [0.4, 0.5) is 0 Å². The van der Waals surface area contributed by atoms with Gasteiger partial charge in [0.1, 0.15) is 0 Å². The minimum absolute atomic E-state index is 0.0603. The Morgan fingerprint density at radius 2 is 1.85 bits per heavy atom. The molecular weight excluding hydrogens is 158 g/mol. The smallest absolute Gasteiger partial charge is 0.0159 e. The van der Waals surface area contributed by atoms with E-state index in [2.05, 4.69) is 34.6 Å². The molecule has 0 aromatic rings. The second kappa shape index (κ2) is 3.27. The van der Waals surface area contributed by atoms with Crippen LogP contribution >= 0.6 is 0 Å². The summed E-state index contributed by atoms with van der Waals surface area (Å²) in [6, 6.07) is 0. The molecule has 1 fully saturated rings. The Balaban J connectivity index is 2.79.